The lowest BCUT2D eigenvalue weighted by molar-refractivity contribution is 0.102. The molecular weight excluding hydrogens is 428 g/mol. The summed E-state index contributed by atoms with van der Waals surface area (Å²) in [5.41, 5.74) is 6.39. The molecule has 8 heteroatoms. The predicted molar refractivity (Wildman–Crippen MR) is 134 cm³/mol. The van der Waals surface area contributed by atoms with Gasteiger partial charge in [0.2, 0.25) is 0 Å². The Morgan fingerprint density at radius 1 is 0.735 bits per heavy atom. The average molecular weight is 455 g/mol. The second-order valence-corrected chi connectivity index (χ2v) is 8.14. The van der Waals surface area contributed by atoms with Gasteiger partial charge in [0.25, 0.3) is 5.91 Å². The van der Waals surface area contributed by atoms with Gasteiger partial charge in [0, 0.05) is 17.1 Å². The van der Waals surface area contributed by atoms with E-state index in [0.29, 0.717) is 22.8 Å². The van der Waals surface area contributed by atoms with Crippen LogP contribution in [0.15, 0.2) is 66.7 Å². The molecule has 0 saturated heterocycles. The molecule has 0 atom stereocenters. The minimum absolute atomic E-state index is 0.236. The summed E-state index contributed by atoms with van der Waals surface area (Å²) >= 11 is 0. The van der Waals surface area contributed by atoms with Crippen molar-refractivity contribution in [2.45, 2.75) is 27.7 Å². The maximum absolute atomic E-state index is 13.0. The normalized spacial score (nSPS) is 10.6. The Morgan fingerprint density at radius 3 is 2.21 bits per heavy atom. The first kappa shape index (κ1) is 22.7. The number of nitrogens with zero attached hydrogens (tertiary/aromatic N) is 3. The van der Waals surface area contributed by atoms with E-state index in [1.807, 2.05) is 63.2 Å². The molecule has 1 heterocycles. The Bertz CT molecular complexity index is 1360. The number of rotatable bonds is 5. The Kier molecular flexibility index (Phi) is 6.40. The first-order valence-corrected chi connectivity index (χ1v) is 10.9. The lowest BCUT2D eigenvalue weighted by Crippen LogP contribution is -2.20. The summed E-state index contributed by atoms with van der Waals surface area (Å²) in [5, 5.41) is 17.3. The van der Waals surface area contributed by atoms with Crippen molar-refractivity contribution in [3.63, 3.8) is 0 Å². The summed E-state index contributed by atoms with van der Waals surface area (Å²) in [5.74, 6) is -0.373. The van der Waals surface area contributed by atoms with E-state index >= 15 is 0 Å². The van der Waals surface area contributed by atoms with Crippen molar-refractivity contribution in [3.05, 3.63) is 94.8 Å². The topological polar surface area (TPSA) is 101 Å². The molecule has 0 bridgehead atoms. The zero-order chi connectivity index (χ0) is 24.2. The predicted octanol–water partition coefficient (Wildman–Crippen LogP) is 5.40. The number of hydrogen-bond donors (Lipinski definition) is 3. The van der Waals surface area contributed by atoms with E-state index in [4.69, 9.17) is 0 Å². The molecule has 3 aromatic carbocycles. The Hall–Kier alpha value is -4.46. The molecule has 0 aliphatic carbocycles. The highest BCUT2D eigenvalue weighted by Crippen LogP contribution is 2.22. The van der Waals surface area contributed by atoms with Gasteiger partial charge in [-0.05, 0) is 69.2 Å². The van der Waals surface area contributed by atoms with Crippen LogP contribution in [0.5, 0.6) is 0 Å². The molecule has 0 spiro atoms. The van der Waals surface area contributed by atoms with E-state index in [9.17, 15) is 9.59 Å². The maximum atomic E-state index is 13.0. The highest BCUT2D eigenvalue weighted by Gasteiger charge is 2.18. The van der Waals surface area contributed by atoms with E-state index in [1.54, 1.807) is 31.2 Å². The summed E-state index contributed by atoms with van der Waals surface area (Å²) in [7, 11) is 0. The van der Waals surface area contributed by atoms with Gasteiger partial charge < -0.3 is 16.0 Å². The van der Waals surface area contributed by atoms with Gasteiger partial charge in [-0.3, -0.25) is 4.79 Å². The van der Waals surface area contributed by atoms with Crippen molar-refractivity contribution in [1.82, 2.24) is 15.0 Å². The molecule has 0 fully saturated rings. The number of benzene rings is 3. The lowest BCUT2D eigenvalue weighted by atomic mass is 10.1. The van der Waals surface area contributed by atoms with E-state index in [0.717, 1.165) is 22.4 Å². The number of carbonyl (C=O) groups excluding carboxylic acids is 2. The van der Waals surface area contributed by atoms with Crippen molar-refractivity contribution in [2.75, 3.05) is 16.0 Å². The van der Waals surface area contributed by atoms with Crippen LogP contribution in [0.1, 0.15) is 32.9 Å². The number of aromatic nitrogens is 3. The highest BCUT2D eigenvalue weighted by molar-refractivity contribution is 6.05. The quantitative estimate of drug-likeness (QED) is 0.376. The number of amides is 3. The van der Waals surface area contributed by atoms with E-state index in [2.05, 4.69) is 26.1 Å². The van der Waals surface area contributed by atoms with Crippen LogP contribution in [0, 0.1) is 27.7 Å². The third-order valence-corrected chi connectivity index (χ3v) is 5.34. The largest absolute Gasteiger partial charge is 0.323 e. The molecule has 1 aromatic heterocycles. The van der Waals surface area contributed by atoms with Crippen molar-refractivity contribution in [2.24, 2.45) is 0 Å². The standard InChI is InChI=1S/C26H26N6O2/c1-16-10-13-23(18(3)14-16)32-30-19(4)24(31-32)25(33)29-22-15-21(12-11-17(22)2)28-26(34)27-20-8-6-5-7-9-20/h5-15H,1-4H3,(H,29,33)(H2,27,28,34). The van der Waals surface area contributed by atoms with Gasteiger partial charge in [-0.2, -0.15) is 9.90 Å². The van der Waals surface area contributed by atoms with Crippen molar-refractivity contribution >= 4 is 29.0 Å². The molecule has 172 valence electrons. The van der Waals surface area contributed by atoms with Crippen molar-refractivity contribution in [3.8, 4) is 5.69 Å². The minimum Gasteiger partial charge on any atom is -0.320 e. The Balaban J connectivity index is 1.50. The molecular formula is C26H26N6O2. The van der Waals surface area contributed by atoms with Crippen LogP contribution in [0.2, 0.25) is 0 Å². The van der Waals surface area contributed by atoms with E-state index in [1.165, 1.54) is 4.80 Å². The third-order valence-electron chi connectivity index (χ3n) is 5.34. The van der Waals surface area contributed by atoms with Gasteiger partial charge in [0.1, 0.15) is 0 Å². The van der Waals surface area contributed by atoms with Crippen molar-refractivity contribution in [1.29, 1.82) is 0 Å². The summed E-state index contributed by atoms with van der Waals surface area (Å²) in [6, 6.07) is 20.1. The summed E-state index contributed by atoms with van der Waals surface area (Å²) in [6.45, 7) is 7.63. The molecule has 4 aromatic rings. The maximum Gasteiger partial charge on any atom is 0.323 e. The van der Waals surface area contributed by atoms with Crippen LogP contribution in [-0.4, -0.2) is 26.9 Å². The van der Waals surface area contributed by atoms with Crippen LogP contribution in [0.25, 0.3) is 5.69 Å². The molecule has 3 N–H and O–H groups in total. The summed E-state index contributed by atoms with van der Waals surface area (Å²) in [4.78, 5) is 26.8. The number of hydrogen-bond acceptors (Lipinski definition) is 4. The second kappa shape index (κ2) is 9.58. The fourth-order valence-corrected chi connectivity index (χ4v) is 3.56. The fourth-order valence-electron chi connectivity index (χ4n) is 3.56. The van der Waals surface area contributed by atoms with Gasteiger partial charge in [-0.15, -0.1) is 5.10 Å². The average Bonchev–Trinajstić information content (AvgIpc) is 3.18. The van der Waals surface area contributed by atoms with Crippen LogP contribution >= 0.6 is 0 Å². The number of nitrogens with one attached hydrogen (secondary N) is 3. The van der Waals surface area contributed by atoms with Gasteiger partial charge >= 0.3 is 6.03 Å². The fraction of sp³-hybridized carbons (Fsp3) is 0.154. The number of carbonyl (C=O) groups is 2. The molecule has 8 nitrogen and oxygen atoms in total. The minimum atomic E-state index is -0.375. The second-order valence-electron chi connectivity index (χ2n) is 8.14. The van der Waals surface area contributed by atoms with E-state index < -0.39 is 0 Å². The number of para-hydroxylation sites is 1. The van der Waals surface area contributed by atoms with Gasteiger partial charge in [-0.1, -0.05) is 42.0 Å². The Labute approximate surface area is 198 Å². The monoisotopic (exact) mass is 454 g/mol. The summed E-state index contributed by atoms with van der Waals surface area (Å²) < 4.78 is 0. The lowest BCUT2D eigenvalue weighted by Gasteiger charge is -2.12. The van der Waals surface area contributed by atoms with Gasteiger partial charge in [0.15, 0.2) is 5.69 Å². The zero-order valence-electron chi connectivity index (χ0n) is 19.5. The molecule has 0 aliphatic heterocycles. The summed E-state index contributed by atoms with van der Waals surface area (Å²) in [6.07, 6.45) is 0. The van der Waals surface area contributed by atoms with E-state index in [-0.39, 0.29) is 17.6 Å². The number of anilines is 3. The number of urea groups is 1. The molecule has 0 radical (unpaired) electrons. The molecule has 0 aliphatic rings. The molecule has 0 saturated carbocycles. The smallest absolute Gasteiger partial charge is 0.320 e. The van der Waals surface area contributed by atoms with Crippen LogP contribution in [0.4, 0.5) is 21.9 Å². The van der Waals surface area contributed by atoms with Crippen LogP contribution in [-0.2, 0) is 0 Å². The highest BCUT2D eigenvalue weighted by atomic mass is 16.2. The van der Waals surface area contributed by atoms with Gasteiger partial charge in [0.05, 0.1) is 11.4 Å². The SMILES string of the molecule is Cc1ccc(-n2nc(C)c(C(=O)Nc3cc(NC(=O)Nc4ccccc4)ccc3C)n2)c(C)c1. The molecule has 34 heavy (non-hydrogen) atoms. The van der Waals surface area contributed by atoms with Crippen LogP contribution in [0.3, 0.4) is 0 Å². The van der Waals surface area contributed by atoms with Crippen molar-refractivity contribution < 1.29 is 9.59 Å². The molecule has 4 rings (SSSR count). The third kappa shape index (κ3) is 5.12. The first-order chi connectivity index (χ1) is 16.3. The first-order valence-electron chi connectivity index (χ1n) is 10.9. The Morgan fingerprint density at radius 2 is 1.47 bits per heavy atom. The number of aryl methyl sites for hydroxylation is 4. The molecule has 0 unspecified atom stereocenters. The van der Waals surface area contributed by atoms with Crippen LogP contribution < -0.4 is 16.0 Å². The molecule has 3 amide bonds. The zero-order valence-corrected chi connectivity index (χ0v) is 19.5. The van der Waals surface area contributed by atoms with Gasteiger partial charge in [-0.25, -0.2) is 4.79 Å².